The molecule has 110 valence electrons. The molecule has 4 rings (SSSR count). The van der Waals surface area contributed by atoms with Crippen LogP contribution in [0.3, 0.4) is 0 Å². The molecule has 1 aromatic heterocycles. The lowest BCUT2D eigenvalue weighted by molar-refractivity contribution is 0.0659. The van der Waals surface area contributed by atoms with Gasteiger partial charge in [0, 0.05) is 36.9 Å². The minimum Gasteiger partial charge on any atom is -0.325 e. The predicted molar refractivity (Wildman–Crippen MR) is 75.6 cm³/mol. The molecular weight excluding hydrogens is 268 g/mol. The Kier molecular flexibility index (Phi) is 2.85. The van der Waals surface area contributed by atoms with Crippen LogP contribution in [0.4, 0.5) is 0 Å². The van der Waals surface area contributed by atoms with E-state index in [1.165, 1.54) is 0 Å². The molecule has 3 aliphatic rings. The molecule has 1 aromatic rings. The number of aromatic nitrogens is 1. The molecule has 0 aliphatic carbocycles. The third kappa shape index (κ3) is 2.07. The molecule has 4 heterocycles. The van der Waals surface area contributed by atoms with Crippen LogP contribution in [0.5, 0.6) is 0 Å². The number of carbonyl (C=O) groups is 1. The van der Waals surface area contributed by atoms with Crippen molar-refractivity contribution in [2.24, 2.45) is 0 Å². The van der Waals surface area contributed by atoms with Crippen molar-refractivity contribution in [2.75, 3.05) is 6.54 Å². The van der Waals surface area contributed by atoms with Crippen LogP contribution in [0, 0.1) is 0 Å². The van der Waals surface area contributed by atoms with Crippen LogP contribution in [0.2, 0.25) is 0 Å². The number of nitrogens with one attached hydrogen (secondary N) is 2. The molecule has 2 bridgehead atoms. The van der Waals surface area contributed by atoms with Crippen molar-refractivity contribution in [1.29, 1.82) is 0 Å². The number of rotatable bonds is 3. The van der Waals surface area contributed by atoms with E-state index in [1.54, 1.807) is 18.3 Å². The first-order chi connectivity index (χ1) is 10.2. The summed E-state index contributed by atoms with van der Waals surface area (Å²) in [6, 6.07) is 6.01. The molecule has 6 heteroatoms. The Labute approximate surface area is 122 Å². The second-order valence-electron chi connectivity index (χ2n) is 6.26. The second-order valence-corrected chi connectivity index (χ2v) is 6.26. The number of hydrogen-bond acceptors (Lipinski definition) is 5. The molecule has 3 N–H and O–H groups in total. The van der Waals surface area contributed by atoms with Gasteiger partial charge in [0.15, 0.2) is 0 Å². The van der Waals surface area contributed by atoms with Gasteiger partial charge in [0.2, 0.25) is 0 Å². The van der Waals surface area contributed by atoms with E-state index in [0.717, 1.165) is 31.5 Å². The number of amides is 1. The molecule has 3 aliphatic heterocycles. The number of pyridine rings is 1. The summed E-state index contributed by atoms with van der Waals surface area (Å²) in [7, 11) is 0. The van der Waals surface area contributed by atoms with Crippen molar-refractivity contribution in [2.45, 2.75) is 36.9 Å². The second kappa shape index (κ2) is 4.62. The van der Waals surface area contributed by atoms with Crippen LogP contribution < -0.4 is 10.8 Å². The summed E-state index contributed by atoms with van der Waals surface area (Å²) in [6.45, 7) is 0.886. The van der Waals surface area contributed by atoms with Crippen LogP contribution in [0.15, 0.2) is 36.2 Å². The van der Waals surface area contributed by atoms with Crippen molar-refractivity contribution in [3.63, 3.8) is 0 Å². The van der Waals surface area contributed by atoms with Gasteiger partial charge in [0.05, 0.1) is 5.54 Å². The average molecular weight is 286 g/mol. The van der Waals surface area contributed by atoms with E-state index in [2.05, 4.69) is 26.8 Å². The fraction of sp³-hybridized carbons (Fsp3) is 0.467. The third-order valence-electron chi connectivity index (χ3n) is 4.86. The Hall–Kier alpha value is -1.76. The minimum absolute atomic E-state index is 0.150. The third-order valence-corrected chi connectivity index (χ3v) is 4.86. The van der Waals surface area contributed by atoms with Gasteiger partial charge in [-0.3, -0.25) is 14.7 Å². The smallest absolute Gasteiger partial charge is 0.273 e. The number of hydroxylamine groups is 1. The molecule has 6 nitrogen and oxygen atoms in total. The van der Waals surface area contributed by atoms with Crippen LogP contribution in [-0.4, -0.2) is 45.2 Å². The van der Waals surface area contributed by atoms with Crippen molar-refractivity contribution in [3.05, 3.63) is 41.9 Å². The molecule has 0 radical (unpaired) electrons. The van der Waals surface area contributed by atoms with Gasteiger partial charge in [0.25, 0.3) is 5.91 Å². The summed E-state index contributed by atoms with van der Waals surface area (Å²) in [5, 5.41) is 12.4. The first-order valence-electron chi connectivity index (χ1n) is 7.29. The first kappa shape index (κ1) is 12.9. The maximum atomic E-state index is 12.2. The van der Waals surface area contributed by atoms with E-state index in [9.17, 15) is 10.0 Å². The van der Waals surface area contributed by atoms with Crippen LogP contribution >= 0.6 is 0 Å². The Morgan fingerprint density at radius 2 is 2.33 bits per heavy atom. The summed E-state index contributed by atoms with van der Waals surface area (Å²) in [4.78, 5) is 18.7. The van der Waals surface area contributed by atoms with Gasteiger partial charge in [-0.25, -0.2) is 0 Å². The van der Waals surface area contributed by atoms with E-state index in [4.69, 9.17) is 0 Å². The molecule has 1 amide bonds. The van der Waals surface area contributed by atoms with Gasteiger partial charge in [0.1, 0.15) is 5.69 Å². The highest BCUT2D eigenvalue weighted by molar-refractivity contribution is 5.93. The van der Waals surface area contributed by atoms with E-state index < -0.39 is 0 Å². The maximum absolute atomic E-state index is 12.2. The van der Waals surface area contributed by atoms with Crippen molar-refractivity contribution < 1.29 is 10.0 Å². The normalized spacial score (nSPS) is 33.9. The minimum atomic E-state index is -0.154. The highest BCUT2D eigenvalue weighted by atomic mass is 16.5. The zero-order chi connectivity index (χ0) is 14.4. The predicted octanol–water partition coefficient (Wildman–Crippen LogP) is 0.663. The topological polar surface area (TPSA) is 77.5 Å². The van der Waals surface area contributed by atoms with E-state index in [-0.39, 0.29) is 11.4 Å². The van der Waals surface area contributed by atoms with E-state index in [1.807, 2.05) is 6.07 Å². The Morgan fingerprint density at radius 1 is 1.43 bits per heavy atom. The number of piperidine rings is 1. The van der Waals surface area contributed by atoms with Gasteiger partial charge in [-0.1, -0.05) is 6.07 Å². The zero-order valence-electron chi connectivity index (χ0n) is 11.6. The first-order valence-corrected chi connectivity index (χ1v) is 7.29. The maximum Gasteiger partial charge on any atom is 0.273 e. The summed E-state index contributed by atoms with van der Waals surface area (Å²) in [5.41, 5.74) is 3.77. The van der Waals surface area contributed by atoms with Gasteiger partial charge in [-0.05, 0) is 31.1 Å². The number of hydrogen-bond donors (Lipinski definition) is 3. The molecule has 0 saturated carbocycles. The number of nitrogens with zero attached hydrogens (tertiary/aromatic N) is 2. The average Bonchev–Trinajstić information content (AvgIpc) is 3.04. The van der Waals surface area contributed by atoms with Crippen molar-refractivity contribution in [3.8, 4) is 0 Å². The Balaban J connectivity index is 1.50. The van der Waals surface area contributed by atoms with Gasteiger partial charge in [-0.15, -0.1) is 0 Å². The highest BCUT2D eigenvalue weighted by Crippen LogP contribution is 2.45. The molecule has 21 heavy (non-hydrogen) atoms. The highest BCUT2D eigenvalue weighted by Gasteiger charge is 2.55. The Bertz CT molecular complexity index is 603. The Morgan fingerprint density at radius 3 is 3.00 bits per heavy atom. The van der Waals surface area contributed by atoms with E-state index >= 15 is 0 Å². The summed E-state index contributed by atoms with van der Waals surface area (Å²) >= 11 is 0. The zero-order valence-corrected chi connectivity index (χ0v) is 11.6. The van der Waals surface area contributed by atoms with Gasteiger partial charge in [-0.2, -0.15) is 5.48 Å². The lowest BCUT2D eigenvalue weighted by Gasteiger charge is -2.38. The summed E-state index contributed by atoms with van der Waals surface area (Å²) in [6.07, 6.45) is 6.38. The molecule has 2 saturated heterocycles. The largest absolute Gasteiger partial charge is 0.325 e. The number of carbonyl (C=O) groups excluding carboxylic acids is 1. The molecular formula is C15H18N4O2. The lowest BCUT2D eigenvalue weighted by atomic mass is 9.84. The van der Waals surface area contributed by atoms with Crippen LogP contribution in [0.25, 0.3) is 0 Å². The SMILES string of the molecule is O=C(NC1=CC2CC3(NO)CC(C1)N2C3)c1ccccn1. The molecule has 3 atom stereocenters. The van der Waals surface area contributed by atoms with Crippen LogP contribution in [0.1, 0.15) is 29.8 Å². The monoisotopic (exact) mass is 286 g/mol. The van der Waals surface area contributed by atoms with Crippen LogP contribution in [-0.2, 0) is 0 Å². The lowest BCUT2D eigenvalue weighted by Crippen LogP contribution is -2.48. The van der Waals surface area contributed by atoms with E-state index in [0.29, 0.717) is 17.8 Å². The van der Waals surface area contributed by atoms with Gasteiger partial charge < -0.3 is 10.5 Å². The number of fused-ring (bicyclic) bond motifs is 1. The summed E-state index contributed by atoms with van der Waals surface area (Å²) in [5.74, 6) is -0.154. The fourth-order valence-electron chi connectivity index (χ4n) is 3.99. The standard InChI is InChI=1S/C15H18N4O2/c20-14(13-3-1-2-4-16-13)17-10-5-11-7-15(18-21)8-12(6-10)19(11)9-15/h1-5,11-12,18,21H,6-9H2,(H,17,20). The van der Waals surface area contributed by atoms with Crippen molar-refractivity contribution in [1.82, 2.24) is 20.7 Å². The molecule has 0 spiro atoms. The molecule has 3 unspecified atom stereocenters. The quantitative estimate of drug-likeness (QED) is 0.712. The summed E-state index contributed by atoms with van der Waals surface area (Å²) < 4.78 is 0. The fourth-order valence-corrected chi connectivity index (χ4v) is 3.99. The molecule has 0 aromatic carbocycles. The van der Waals surface area contributed by atoms with Crippen molar-refractivity contribution >= 4 is 5.91 Å². The van der Waals surface area contributed by atoms with Gasteiger partial charge >= 0.3 is 0 Å². The molecule has 2 fully saturated rings.